The predicted molar refractivity (Wildman–Crippen MR) is 75.6 cm³/mol. The van der Waals surface area contributed by atoms with Gasteiger partial charge in [-0.25, -0.2) is 4.98 Å². The number of nitrogens with zero attached hydrogens (tertiary/aromatic N) is 2. The summed E-state index contributed by atoms with van der Waals surface area (Å²) in [5, 5.41) is 11.1. The number of carbonyl (C=O) groups excluding carboxylic acids is 1. The third-order valence-electron chi connectivity index (χ3n) is 2.96. The van der Waals surface area contributed by atoms with E-state index in [9.17, 15) is 14.9 Å². The number of pyridine rings is 1. The summed E-state index contributed by atoms with van der Waals surface area (Å²) in [6.07, 6.45) is 3.80. The zero-order valence-corrected chi connectivity index (χ0v) is 11.5. The minimum Gasteiger partial charge on any atom is -0.466 e. The monoisotopic (exact) mass is 289 g/mol. The Balaban J connectivity index is 2.25. The standard InChI is InChI=1S/C14H15N3O4/c1-2-21-13(18)6-5-11-10(7-9-15-11)14-12(17(19)20)4-3-8-16-14/h3-4,7-9,15H,2,5-6H2,1H3. The molecule has 0 fully saturated rings. The van der Waals surface area contributed by atoms with Crippen LogP contribution in [0.3, 0.4) is 0 Å². The van der Waals surface area contributed by atoms with Crippen molar-refractivity contribution in [2.45, 2.75) is 19.8 Å². The Hall–Kier alpha value is -2.70. The molecule has 21 heavy (non-hydrogen) atoms. The van der Waals surface area contributed by atoms with Gasteiger partial charge in [0.1, 0.15) is 5.69 Å². The van der Waals surface area contributed by atoms with E-state index in [1.165, 1.54) is 18.3 Å². The van der Waals surface area contributed by atoms with Gasteiger partial charge in [-0.15, -0.1) is 0 Å². The molecule has 0 saturated heterocycles. The van der Waals surface area contributed by atoms with Crippen molar-refractivity contribution in [1.29, 1.82) is 0 Å². The van der Waals surface area contributed by atoms with Crippen LogP contribution in [-0.4, -0.2) is 27.5 Å². The van der Waals surface area contributed by atoms with Gasteiger partial charge in [0.25, 0.3) is 5.69 Å². The van der Waals surface area contributed by atoms with Crippen LogP contribution < -0.4 is 0 Å². The van der Waals surface area contributed by atoms with E-state index in [0.29, 0.717) is 24.3 Å². The quantitative estimate of drug-likeness (QED) is 0.500. The summed E-state index contributed by atoms with van der Waals surface area (Å²) in [5.41, 5.74) is 1.59. The van der Waals surface area contributed by atoms with E-state index in [-0.39, 0.29) is 18.1 Å². The summed E-state index contributed by atoms with van der Waals surface area (Å²) >= 11 is 0. The Kier molecular flexibility index (Phi) is 4.65. The van der Waals surface area contributed by atoms with E-state index >= 15 is 0 Å². The Morgan fingerprint density at radius 1 is 1.48 bits per heavy atom. The lowest BCUT2D eigenvalue weighted by Crippen LogP contribution is -2.06. The molecule has 0 aromatic carbocycles. The van der Waals surface area contributed by atoms with Gasteiger partial charge < -0.3 is 9.72 Å². The topological polar surface area (TPSA) is 98.1 Å². The molecule has 0 aliphatic rings. The molecule has 110 valence electrons. The molecule has 0 aliphatic carbocycles. The van der Waals surface area contributed by atoms with Crippen LogP contribution in [0.2, 0.25) is 0 Å². The highest BCUT2D eigenvalue weighted by Crippen LogP contribution is 2.30. The lowest BCUT2D eigenvalue weighted by molar-refractivity contribution is -0.384. The van der Waals surface area contributed by atoms with Crippen molar-refractivity contribution in [2.75, 3.05) is 6.61 Å². The zero-order valence-electron chi connectivity index (χ0n) is 11.5. The van der Waals surface area contributed by atoms with E-state index in [1.54, 1.807) is 19.2 Å². The second-order valence-corrected chi connectivity index (χ2v) is 4.30. The normalized spacial score (nSPS) is 10.3. The van der Waals surface area contributed by atoms with Crippen molar-refractivity contribution in [1.82, 2.24) is 9.97 Å². The van der Waals surface area contributed by atoms with Crippen molar-refractivity contribution in [3.63, 3.8) is 0 Å². The molecular weight excluding hydrogens is 274 g/mol. The van der Waals surface area contributed by atoms with Gasteiger partial charge >= 0.3 is 5.97 Å². The molecule has 0 unspecified atom stereocenters. The van der Waals surface area contributed by atoms with Gasteiger partial charge in [-0.2, -0.15) is 0 Å². The molecule has 2 rings (SSSR count). The first-order chi connectivity index (χ1) is 10.1. The van der Waals surface area contributed by atoms with E-state index < -0.39 is 4.92 Å². The molecule has 1 N–H and O–H groups in total. The van der Waals surface area contributed by atoms with Crippen molar-refractivity contribution in [2.24, 2.45) is 0 Å². The van der Waals surface area contributed by atoms with Crippen LogP contribution in [0.15, 0.2) is 30.6 Å². The van der Waals surface area contributed by atoms with Gasteiger partial charge in [0.05, 0.1) is 18.0 Å². The molecule has 0 atom stereocenters. The van der Waals surface area contributed by atoms with Gasteiger partial charge in [-0.3, -0.25) is 14.9 Å². The Morgan fingerprint density at radius 2 is 2.29 bits per heavy atom. The van der Waals surface area contributed by atoms with E-state index in [4.69, 9.17) is 4.74 Å². The number of nitro groups is 1. The van der Waals surface area contributed by atoms with Crippen LogP contribution in [0.25, 0.3) is 11.3 Å². The van der Waals surface area contributed by atoms with Crippen LogP contribution in [-0.2, 0) is 16.0 Å². The molecule has 2 aromatic rings. The highest BCUT2D eigenvalue weighted by Gasteiger charge is 2.19. The van der Waals surface area contributed by atoms with Crippen molar-refractivity contribution < 1.29 is 14.5 Å². The number of carbonyl (C=O) groups is 1. The summed E-state index contributed by atoms with van der Waals surface area (Å²) in [6.45, 7) is 2.08. The molecule has 0 aliphatic heterocycles. The fourth-order valence-corrected chi connectivity index (χ4v) is 2.04. The molecule has 0 spiro atoms. The van der Waals surface area contributed by atoms with Crippen LogP contribution in [0.5, 0.6) is 0 Å². The fraction of sp³-hybridized carbons (Fsp3) is 0.286. The first-order valence-electron chi connectivity index (χ1n) is 6.55. The summed E-state index contributed by atoms with van der Waals surface area (Å²) in [6, 6.07) is 4.65. The molecule has 0 radical (unpaired) electrons. The van der Waals surface area contributed by atoms with E-state index in [2.05, 4.69) is 9.97 Å². The van der Waals surface area contributed by atoms with Gasteiger partial charge in [0.2, 0.25) is 0 Å². The second kappa shape index (κ2) is 6.65. The highest BCUT2D eigenvalue weighted by molar-refractivity contribution is 5.73. The predicted octanol–water partition coefficient (Wildman–Crippen LogP) is 2.48. The summed E-state index contributed by atoms with van der Waals surface area (Å²) in [4.78, 5) is 29.1. The number of hydrogen-bond donors (Lipinski definition) is 1. The fourth-order valence-electron chi connectivity index (χ4n) is 2.04. The Labute approximate surface area is 121 Å². The number of nitrogens with one attached hydrogen (secondary N) is 1. The second-order valence-electron chi connectivity index (χ2n) is 4.30. The minimum atomic E-state index is -0.468. The van der Waals surface area contributed by atoms with Crippen molar-refractivity contribution >= 4 is 11.7 Å². The average molecular weight is 289 g/mol. The van der Waals surface area contributed by atoms with Crippen LogP contribution >= 0.6 is 0 Å². The number of hydrogen-bond acceptors (Lipinski definition) is 5. The number of H-pyrrole nitrogens is 1. The average Bonchev–Trinajstić information content (AvgIpc) is 2.93. The molecule has 7 nitrogen and oxygen atoms in total. The van der Waals surface area contributed by atoms with Gasteiger partial charge in [-0.05, 0) is 25.5 Å². The maximum Gasteiger partial charge on any atom is 0.306 e. The van der Waals surface area contributed by atoms with Crippen LogP contribution in [0.4, 0.5) is 5.69 Å². The first kappa shape index (κ1) is 14.7. The van der Waals surface area contributed by atoms with Gasteiger partial charge in [0, 0.05) is 29.7 Å². The number of esters is 1. The zero-order chi connectivity index (χ0) is 15.2. The van der Waals surface area contributed by atoms with Crippen LogP contribution in [0, 0.1) is 10.1 Å². The van der Waals surface area contributed by atoms with Gasteiger partial charge in [0.15, 0.2) is 0 Å². The Bertz CT molecular complexity index is 651. The lowest BCUT2D eigenvalue weighted by Gasteiger charge is -2.05. The number of aromatic nitrogens is 2. The Morgan fingerprint density at radius 3 is 3.00 bits per heavy atom. The van der Waals surface area contributed by atoms with Crippen molar-refractivity contribution in [3.8, 4) is 11.3 Å². The summed E-state index contributed by atoms with van der Waals surface area (Å²) in [5.74, 6) is -0.298. The number of rotatable bonds is 6. The molecular formula is C14H15N3O4. The number of aryl methyl sites for hydroxylation is 1. The maximum absolute atomic E-state index is 11.4. The minimum absolute atomic E-state index is 0.0607. The summed E-state index contributed by atoms with van der Waals surface area (Å²) < 4.78 is 4.87. The SMILES string of the molecule is CCOC(=O)CCc1[nH]ccc1-c1ncccc1[N+](=O)[O-]. The third kappa shape index (κ3) is 3.44. The van der Waals surface area contributed by atoms with Crippen molar-refractivity contribution in [3.05, 3.63) is 46.4 Å². The molecule has 0 amide bonds. The first-order valence-corrected chi connectivity index (χ1v) is 6.55. The summed E-state index contributed by atoms with van der Waals surface area (Å²) in [7, 11) is 0. The number of aromatic amines is 1. The molecule has 0 saturated carbocycles. The highest BCUT2D eigenvalue weighted by atomic mass is 16.6. The largest absolute Gasteiger partial charge is 0.466 e. The lowest BCUT2D eigenvalue weighted by atomic mass is 10.1. The van der Waals surface area contributed by atoms with Gasteiger partial charge in [-0.1, -0.05) is 0 Å². The van der Waals surface area contributed by atoms with Crippen LogP contribution in [0.1, 0.15) is 19.0 Å². The van der Waals surface area contributed by atoms with E-state index in [1.807, 2.05) is 0 Å². The molecule has 2 aromatic heterocycles. The molecule has 2 heterocycles. The number of ether oxygens (including phenoxy) is 1. The third-order valence-corrected chi connectivity index (χ3v) is 2.96. The maximum atomic E-state index is 11.4. The smallest absolute Gasteiger partial charge is 0.306 e. The molecule has 0 bridgehead atoms. The van der Waals surface area contributed by atoms with E-state index in [0.717, 1.165) is 5.69 Å². The molecule has 7 heteroatoms.